The van der Waals surface area contributed by atoms with Crippen LogP contribution < -0.4 is 20.2 Å². The molecule has 8 heteroatoms. The maximum absolute atomic E-state index is 14.2. The molecule has 1 amide bonds. The van der Waals surface area contributed by atoms with E-state index >= 15 is 0 Å². The van der Waals surface area contributed by atoms with Gasteiger partial charge >= 0.3 is 0 Å². The molecule has 0 spiro atoms. The van der Waals surface area contributed by atoms with Crippen LogP contribution in [0, 0.1) is 13.8 Å². The quantitative estimate of drug-likeness (QED) is 0.285. The van der Waals surface area contributed by atoms with Gasteiger partial charge in [-0.15, -0.1) is 0 Å². The molecule has 3 heterocycles. The third-order valence-corrected chi connectivity index (χ3v) is 8.72. The normalized spacial score (nSPS) is 15.8. The Morgan fingerprint density at radius 3 is 2.19 bits per heavy atom. The van der Waals surface area contributed by atoms with Crippen LogP contribution in [0.5, 0.6) is 5.75 Å². The number of benzene rings is 2. The Morgan fingerprint density at radius 2 is 1.63 bits per heavy atom. The number of phenols is 1. The highest BCUT2D eigenvalue weighted by Gasteiger charge is 2.35. The van der Waals surface area contributed by atoms with Crippen LogP contribution in [0.3, 0.4) is 0 Å². The molecule has 2 aromatic carbocycles. The highest BCUT2D eigenvalue weighted by Crippen LogP contribution is 2.40. The van der Waals surface area contributed by atoms with E-state index in [2.05, 4.69) is 46.9 Å². The summed E-state index contributed by atoms with van der Waals surface area (Å²) in [7, 11) is 0. The number of furan rings is 1. The van der Waals surface area contributed by atoms with Gasteiger partial charge in [0.2, 0.25) is 0 Å². The summed E-state index contributed by atoms with van der Waals surface area (Å²) in [4.78, 5) is 33.2. The second-order valence-corrected chi connectivity index (χ2v) is 14.3. The van der Waals surface area contributed by atoms with Gasteiger partial charge in [0.1, 0.15) is 23.3 Å². The molecule has 2 aromatic heterocycles. The number of nitrogens with one attached hydrogen (secondary N) is 1. The van der Waals surface area contributed by atoms with Gasteiger partial charge in [0.15, 0.2) is 4.80 Å². The summed E-state index contributed by atoms with van der Waals surface area (Å²) in [5, 5.41) is 14.2. The van der Waals surface area contributed by atoms with E-state index in [-0.39, 0.29) is 28.0 Å². The van der Waals surface area contributed by atoms with E-state index in [4.69, 9.17) is 9.41 Å². The van der Waals surface area contributed by atoms with Crippen molar-refractivity contribution >= 4 is 29.0 Å². The number of carbonyl (C=O) groups is 1. The van der Waals surface area contributed by atoms with Crippen LogP contribution >= 0.6 is 11.3 Å². The number of thiazole rings is 1. The number of carbonyl (C=O) groups excluding carboxylic acids is 1. The molecule has 5 rings (SSSR count). The molecule has 1 atom stereocenters. The van der Waals surface area contributed by atoms with Crippen LogP contribution in [0.1, 0.15) is 88.3 Å². The van der Waals surface area contributed by atoms with Crippen molar-refractivity contribution in [2.45, 2.75) is 79.2 Å². The first kappa shape index (κ1) is 30.3. The molecule has 7 nitrogen and oxygen atoms in total. The molecule has 224 valence electrons. The van der Waals surface area contributed by atoms with Gasteiger partial charge in [-0.25, -0.2) is 4.99 Å². The van der Waals surface area contributed by atoms with Crippen LogP contribution in [0.25, 0.3) is 6.08 Å². The van der Waals surface area contributed by atoms with Crippen molar-refractivity contribution in [3.63, 3.8) is 0 Å². The zero-order chi connectivity index (χ0) is 31.4. The number of hydrogen-bond acceptors (Lipinski definition) is 6. The third kappa shape index (κ3) is 5.76. The lowest BCUT2D eigenvalue weighted by Gasteiger charge is -2.27. The Labute approximate surface area is 255 Å². The molecule has 0 fully saturated rings. The number of allylic oxidation sites excluding steroid dienone is 1. The first-order chi connectivity index (χ1) is 20.1. The zero-order valence-electron chi connectivity index (χ0n) is 26.2. The maximum atomic E-state index is 14.2. The largest absolute Gasteiger partial charge is 0.507 e. The Balaban J connectivity index is 1.70. The summed E-state index contributed by atoms with van der Waals surface area (Å²) in [5.41, 5.74) is 4.05. The molecule has 2 N–H and O–H groups in total. The second kappa shape index (κ2) is 10.8. The van der Waals surface area contributed by atoms with Crippen LogP contribution in [0.15, 0.2) is 74.0 Å². The van der Waals surface area contributed by atoms with Crippen molar-refractivity contribution in [2.24, 2.45) is 4.99 Å². The Bertz CT molecular complexity index is 1920. The fraction of sp³-hybridized carbons (Fsp3) is 0.343. The van der Waals surface area contributed by atoms with Gasteiger partial charge in [-0.1, -0.05) is 71.1 Å². The van der Waals surface area contributed by atoms with E-state index < -0.39 is 6.04 Å². The Morgan fingerprint density at radius 1 is 1.00 bits per heavy atom. The second-order valence-electron chi connectivity index (χ2n) is 13.3. The van der Waals surface area contributed by atoms with Crippen molar-refractivity contribution in [3.8, 4) is 5.75 Å². The molecule has 0 saturated carbocycles. The molecule has 1 unspecified atom stereocenters. The lowest BCUT2D eigenvalue weighted by molar-refractivity contribution is -0.113. The first-order valence-electron chi connectivity index (χ1n) is 14.4. The number of aromatic hydroxyl groups is 1. The number of nitrogens with zero attached hydrogens (tertiary/aromatic N) is 2. The first-order valence-corrected chi connectivity index (χ1v) is 15.2. The minimum atomic E-state index is -0.786. The molecule has 0 radical (unpaired) electrons. The van der Waals surface area contributed by atoms with Crippen molar-refractivity contribution in [1.82, 2.24) is 4.57 Å². The summed E-state index contributed by atoms with van der Waals surface area (Å²) in [6, 6.07) is 14.3. The van der Waals surface area contributed by atoms with Gasteiger partial charge in [-0.3, -0.25) is 14.2 Å². The Hall–Kier alpha value is -4.17. The van der Waals surface area contributed by atoms with Gasteiger partial charge in [-0.2, -0.15) is 0 Å². The summed E-state index contributed by atoms with van der Waals surface area (Å²) in [5.74, 6) is 1.11. The number of hydrogen-bond donors (Lipinski definition) is 2. The van der Waals surface area contributed by atoms with Gasteiger partial charge in [0.25, 0.3) is 11.5 Å². The third-order valence-electron chi connectivity index (χ3n) is 7.74. The van der Waals surface area contributed by atoms with Gasteiger partial charge in [0.05, 0.1) is 15.8 Å². The van der Waals surface area contributed by atoms with Crippen molar-refractivity contribution in [1.29, 1.82) is 0 Å². The minimum Gasteiger partial charge on any atom is -0.507 e. The lowest BCUT2D eigenvalue weighted by Crippen LogP contribution is -2.40. The van der Waals surface area contributed by atoms with E-state index in [1.54, 1.807) is 11.5 Å². The summed E-state index contributed by atoms with van der Waals surface area (Å²) >= 11 is 1.28. The van der Waals surface area contributed by atoms with Crippen molar-refractivity contribution in [2.75, 3.05) is 5.32 Å². The highest BCUT2D eigenvalue weighted by molar-refractivity contribution is 7.07. The van der Waals surface area contributed by atoms with E-state index in [1.807, 2.05) is 68.5 Å². The molecule has 1 aliphatic heterocycles. The molecular formula is C35H39N3O4S. The fourth-order valence-corrected chi connectivity index (χ4v) is 6.47. The number of anilines is 1. The number of para-hydroxylation sites is 1. The van der Waals surface area contributed by atoms with Crippen LogP contribution in [0.2, 0.25) is 0 Å². The fourth-order valence-electron chi connectivity index (χ4n) is 5.42. The van der Waals surface area contributed by atoms with Crippen molar-refractivity contribution in [3.05, 3.63) is 113 Å². The number of phenolic OH excluding ortho intramolecular Hbond substituents is 1. The van der Waals surface area contributed by atoms with E-state index in [9.17, 15) is 14.7 Å². The SMILES string of the molecule is CC1=C(C(=O)Nc2ccccc2C)C(c2ccc(C)o2)n2c(s/c(=C/c3cc(C(C)(C)C)c(O)c(C(C)(C)C)c3)c2=O)=N1. The topological polar surface area (TPSA) is 96.8 Å². The molecular weight excluding hydrogens is 558 g/mol. The molecule has 1 aliphatic rings. The predicted molar refractivity (Wildman–Crippen MR) is 173 cm³/mol. The molecule has 4 aromatic rings. The van der Waals surface area contributed by atoms with Crippen LogP contribution in [-0.2, 0) is 15.6 Å². The lowest BCUT2D eigenvalue weighted by atomic mass is 9.78. The monoisotopic (exact) mass is 597 g/mol. The van der Waals surface area contributed by atoms with Crippen molar-refractivity contribution < 1.29 is 14.3 Å². The average Bonchev–Trinajstić information content (AvgIpc) is 3.46. The number of rotatable bonds is 4. The molecule has 43 heavy (non-hydrogen) atoms. The van der Waals surface area contributed by atoms with Crippen LogP contribution in [0.4, 0.5) is 5.69 Å². The minimum absolute atomic E-state index is 0.265. The summed E-state index contributed by atoms with van der Waals surface area (Å²) < 4.78 is 8.07. The molecule has 0 aliphatic carbocycles. The van der Waals surface area contributed by atoms with E-state index in [1.165, 1.54) is 11.3 Å². The number of aryl methyl sites for hydroxylation is 2. The van der Waals surface area contributed by atoms with Gasteiger partial charge < -0.3 is 14.8 Å². The van der Waals surface area contributed by atoms with Crippen LogP contribution in [-0.4, -0.2) is 15.6 Å². The highest BCUT2D eigenvalue weighted by atomic mass is 32.1. The van der Waals surface area contributed by atoms with Gasteiger partial charge in [-0.05, 0) is 79.1 Å². The van der Waals surface area contributed by atoms with E-state index in [0.29, 0.717) is 37.8 Å². The van der Waals surface area contributed by atoms with E-state index in [0.717, 1.165) is 22.3 Å². The smallest absolute Gasteiger partial charge is 0.271 e. The molecule has 0 bridgehead atoms. The molecule has 0 saturated heterocycles. The number of aromatic nitrogens is 1. The average molecular weight is 598 g/mol. The number of fused-ring (bicyclic) bond motifs is 1. The summed E-state index contributed by atoms with van der Waals surface area (Å²) in [6.07, 6.45) is 1.85. The summed E-state index contributed by atoms with van der Waals surface area (Å²) in [6.45, 7) is 17.9. The number of amides is 1. The Kier molecular flexibility index (Phi) is 7.63. The maximum Gasteiger partial charge on any atom is 0.271 e. The standard InChI is InChI=1S/C35H39N3O4S/c1-19-12-10-11-13-25(19)37-31(40)28-21(3)36-33-38(29(28)26-15-14-20(2)42-26)32(41)27(43-33)18-22-16-23(34(4,5)6)30(39)24(17-22)35(7,8)9/h10-18,29,39H,1-9H3,(H,37,40)/b27-18+. The predicted octanol–water partition coefficient (Wildman–Crippen LogP) is 6.38. The zero-order valence-corrected chi connectivity index (χ0v) is 27.1. The van der Waals surface area contributed by atoms with Gasteiger partial charge in [0, 0.05) is 16.8 Å².